The molecule has 0 aliphatic carbocycles. The number of nitrogens with one attached hydrogen (secondary N) is 1. The average molecular weight is 356 g/mol. The number of ether oxygens (including phenoxy) is 3. The number of carbonyl (C=O) groups is 1. The molecular weight excluding hydrogens is 332 g/mol. The molecule has 0 saturated carbocycles. The highest BCUT2D eigenvalue weighted by Crippen LogP contribution is 2.31. The summed E-state index contributed by atoms with van der Waals surface area (Å²) in [5.74, 6) is 0.952. The fourth-order valence-electron chi connectivity index (χ4n) is 2.86. The first-order chi connectivity index (χ1) is 12.6. The van der Waals surface area contributed by atoms with Gasteiger partial charge in [-0.3, -0.25) is 4.79 Å². The number of hydrogen-bond acceptors (Lipinski definition) is 5. The molecule has 2 aromatic carbocycles. The van der Waals surface area contributed by atoms with Gasteiger partial charge in [-0.2, -0.15) is 0 Å². The molecule has 1 amide bonds. The van der Waals surface area contributed by atoms with Crippen LogP contribution in [0.15, 0.2) is 42.5 Å². The van der Waals surface area contributed by atoms with Gasteiger partial charge in [0.15, 0.2) is 11.5 Å². The summed E-state index contributed by atoms with van der Waals surface area (Å²) in [6.07, 6.45) is 0.812. The third-order valence-corrected chi connectivity index (χ3v) is 4.24. The molecule has 0 bridgehead atoms. The van der Waals surface area contributed by atoms with Crippen LogP contribution in [0, 0.1) is 0 Å². The smallest absolute Gasteiger partial charge is 0.255 e. The maximum atomic E-state index is 12.7. The summed E-state index contributed by atoms with van der Waals surface area (Å²) < 4.78 is 16.7. The van der Waals surface area contributed by atoms with E-state index in [-0.39, 0.29) is 12.0 Å². The maximum Gasteiger partial charge on any atom is 0.255 e. The van der Waals surface area contributed by atoms with Crippen molar-refractivity contribution in [3.8, 4) is 11.5 Å². The lowest BCUT2D eigenvalue weighted by atomic mass is 10.1. The summed E-state index contributed by atoms with van der Waals surface area (Å²) in [4.78, 5) is 14.7. The number of carbonyl (C=O) groups excluding carboxylic acids is 1. The summed E-state index contributed by atoms with van der Waals surface area (Å²) in [6.45, 7) is 1.24. The fourth-order valence-corrected chi connectivity index (χ4v) is 2.86. The molecule has 0 spiro atoms. The van der Waals surface area contributed by atoms with Crippen LogP contribution in [0.5, 0.6) is 11.5 Å². The predicted molar refractivity (Wildman–Crippen MR) is 102 cm³/mol. The van der Waals surface area contributed by atoms with Crippen molar-refractivity contribution in [2.75, 3.05) is 44.6 Å². The number of para-hydroxylation sites is 2. The lowest BCUT2D eigenvalue weighted by molar-refractivity contribution is 0.102. The van der Waals surface area contributed by atoms with Crippen LogP contribution < -0.4 is 19.7 Å². The van der Waals surface area contributed by atoms with E-state index in [1.165, 1.54) is 0 Å². The zero-order chi connectivity index (χ0) is 18.5. The lowest BCUT2D eigenvalue weighted by Crippen LogP contribution is -2.18. The van der Waals surface area contributed by atoms with E-state index >= 15 is 0 Å². The number of anilines is 2. The summed E-state index contributed by atoms with van der Waals surface area (Å²) in [5, 5.41) is 2.96. The van der Waals surface area contributed by atoms with E-state index in [1.807, 2.05) is 43.3 Å². The summed E-state index contributed by atoms with van der Waals surface area (Å²) in [7, 11) is 5.46. The van der Waals surface area contributed by atoms with Crippen molar-refractivity contribution in [3.05, 3.63) is 48.0 Å². The number of hydrogen-bond donors (Lipinski definition) is 1. The van der Waals surface area contributed by atoms with E-state index in [9.17, 15) is 4.79 Å². The van der Waals surface area contributed by atoms with Crippen LogP contribution in [0.1, 0.15) is 16.8 Å². The molecule has 3 rings (SSSR count). The predicted octanol–water partition coefficient (Wildman–Crippen LogP) is 3.18. The standard InChI is InChI=1S/C20H24N2O4/c1-22(2)17-7-5-4-6-16(17)21-20(23)14-8-9-18(24-3)19(12-14)26-15-10-11-25-13-15/h4-9,12,15H,10-11,13H2,1-3H3,(H,21,23). The second-order valence-electron chi connectivity index (χ2n) is 6.33. The first-order valence-electron chi connectivity index (χ1n) is 8.58. The van der Waals surface area contributed by atoms with Gasteiger partial charge >= 0.3 is 0 Å². The van der Waals surface area contributed by atoms with E-state index < -0.39 is 0 Å². The average Bonchev–Trinajstić information content (AvgIpc) is 3.15. The molecule has 1 unspecified atom stereocenters. The molecule has 1 atom stereocenters. The van der Waals surface area contributed by atoms with Crippen LogP contribution in [0.2, 0.25) is 0 Å². The monoisotopic (exact) mass is 356 g/mol. The number of rotatable bonds is 6. The van der Waals surface area contributed by atoms with E-state index in [0.29, 0.717) is 30.3 Å². The molecule has 0 aromatic heterocycles. The van der Waals surface area contributed by atoms with Gasteiger partial charge in [-0.1, -0.05) is 12.1 Å². The van der Waals surface area contributed by atoms with Crippen molar-refractivity contribution in [2.45, 2.75) is 12.5 Å². The summed E-state index contributed by atoms with van der Waals surface area (Å²) >= 11 is 0. The molecule has 1 N–H and O–H groups in total. The van der Waals surface area contributed by atoms with Crippen molar-refractivity contribution >= 4 is 17.3 Å². The molecule has 6 nitrogen and oxygen atoms in total. The van der Waals surface area contributed by atoms with E-state index in [1.54, 1.807) is 25.3 Å². The van der Waals surface area contributed by atoms with Gasteiger partial charge in [0, 0.05) is 26.1 Å². The molecular formula is C20H24N2O4. The number of benzene rings is 2. The Morgan fingerprint density at radius 3 is 2.69 bits per heavy atom. The van der Waals surface area contributed by atoms with E-state index in [0.717, 1.165) is 17.8 Å². The van der Waals surface area contributed by atoms with Gasteiger partial charge in [0.1, 0.15) is 6.10 Å². The minimum Gasteiger partial charge on any atom is -0.493 e. The van der Waals surface area contributed by atoms with Crippen LogP contribution in [0.4, 0.5) is 11.4 Å². The number of nitrogens with zero attached hydrogens (tertiary/aromatic N) is 1. The quantitative estimate of drug-likeness (QED) is 0.861. The Balaban J connectivity index is 1.81. The highest BCUT2D eigenvalue weighted by molar-refractivity contribution is 6.06. The summed E-state index contributed by atoms with van der Waals surface area (Å²) in [6, 6.07) is 12.9. The van der Waals surface area contributed by atoms with Gasteiger partial charge in [0.2, 0.25) is 0 Å². The highest BCUT2D eigenvalue weighted by Gasteiger charge is 2.20. The van der Waals surface area contributed by atoms with Crippen molar-refractivity contribution in [1.82, 2.24) is 0 Å². The molecule has 6 heteroatoms. The maximum absolute atomic E-state index is 12.7. The largest absolute Gasteiger partial charge is 0.493 e. The first kappa shape index (κ1) is 18.1. The SMILES string of the molecule is COc1ccc(C(=O)Nc2ccccc2N(C)C)cc1OC1CCOC1. The van der Waals surface area contributed by atoms with Crippen molar-refractivity contribution in [3.63, 3.8) is 0 Å². The Kier molecular flexibility index (Phi) is 5.63. The minimum absolute atomic E-state index is 0.0170. The zero-order valence-electron chi connectivity index (χ0n) is 15.3. The molecule has 1 heterocycles. The molecule has 1 fully saturated rings. The Bertz CT molecular complexity index is 770. The van der Waals surface area contributed by atoms with Crippen LogP contribution in [-0.4, -0.2) is 46.4 Å². The van der Waals surface area contributed by atoms with Crippen LogP contribution in [0.25, 0.3) is 0 Å². The van der Waals surface area contributed by atoms with Gasteiger partial charge in [-0.05, 0) is 30.3 Å². The zero-order valence-corrected chi connectivity index (χ0v) is 15.3. The normalized spacial score (nSPS) is 16.2. The van der Waals surface area contributed by atoms with Gasteiger partial charge in [-0.15, -0.1) is 0 Å². The van der Waals surface area contributed by atoms with E-state index in [4.69, 9.17) is 14.2 Å². The molecule has 2 aromatic rings. The topological polar surface area (TPSA) is 60.0 Å². The fraction of sp³-hybridized carbons (Fsp3) is 0.350. The van der Waals surface area contributed by atoms with Gasteiger partial charge in [0.05, 0.1) is 31.7 Å². The lowest BCUT2D eigenvalue weighted by Gasteiger charge is -2.18. The molecule has 138 valence electrons. The summed E-state index contributed by atoms with van der Waals surface area (Å²) in [5.41, 5.74) is 2.20. The number of methoxy groups -OCH3 is 1. The first-order valence-corrected chi connectivity index (χ1v) is 8.58. The number of amides is 1. The van der Waals surface area contributed by atoms with E-state index in [2.05, 4.69) is 5.32 Å². The van der Waals surface area contributed by atoms with Crippen molar-refractivity contribution in [1.29, 1.82) is 0 Å². The second-order valence-corrected chi connectivity index (χ2v) is 6.33. The molecule has 1 aliphatic heterocycles. The third-order valence-electron chi connectivity index (χ3n) is 4.24. The third kappa shape index (κ3) is 4.08. The van der Waals surface area contributed by atoms with Crippen LogP contribution in [0.3, 0.4) is 0 Å². The Morgan fingerprint density at radius 1 is 1.19 bits per heavy atom. The molecule has 1 aliphatic rings. The van der Waals surface area contributed by atoms with Crippen LogP contribution >= 0.6 is 0 Å². The molecule has 26 heavy (non-hydrogen) atoms. The second kappa shape index (κ2) is 8.10. The Morgan fingerprint density at radius 2 is 2.00 bits per heavy atom. The Labute approximate surface area is 153 Å². The van der Waals surface area contributed by atoms with Gasteiger partial charge in [0.25, 0.3) is 5.91 Å². The van der Waals surface area contributed by atoms with Crippen LogP contribution in [-0.2, 0) is 4.74 Å². The molecule has 1 saturated heterocycles. The van der Waals surface area contributed by atoms with Gasteiger partial charge in [-0.25, -0.2) is 0 Å². The van der Waals surface area contributed by atoms with Gasteiger partial charge < -0.3 is 24.4 Å². The van der Waals surface area contributed by atoms with Crippen molar-refractivity contribution < 1.29 is 19.0 Å². The minimum atomic E-state index is -0.200. The van der Waals surface area contributed by atoms with Crippen molar-refractivity contribution in [2.24, 2.45) is 0 Å². The highest BCUT2D eigenvalue weighted by atomic mass is 16.6. The Hall–Kier alpha value is -2.73. The molecule has 0 radical (unpaired) electrons.